The summed E-state index contributed by atoms with van der Waals surface area (Å²) in [5, 5.41) is 1.16. The Morgan fingerprint density at radius 1 is 1.25 bits per heavy atom. The molecule has 1 fully saturated rings. The van der Waals surface area contributed by atoms with Crippen molar-refractivity contribution in [3.8, 4) is 0 Å². The number of benzene rings is 1. The summed E-state index contributed by atoms with van der Waals surface area (Å²) in [5.74, 6) is 1.28. The number of ether oxygens (including phenoxy) is 1. The SMILES string of the molecule is CC1CCCCC1C(Cn1ccnc1)OCc1ccc(Cl)c(Cl)c1. The summed E-state index contributed by atoms with van der Waals surface area (Å²) >= 11 is 12.1. The molecular weight excluding hydrogens is 343 g/mol. The minimum atomic E-state index is 0.184. The lowest BCUT2D eigenvalue weighted by atomic mass is 9.77. The zero-order chi connectivity index (χ0) is 16.9. The summed E-state index contributed by atoms with van der Waals surface area (Å²) in [4.78, 5) is 4.15. The highest BCUT2D eigenvalue weighted by Gasteiger charge is 2.30. The Bertz CT molecular complexity index is 645. The van der Waals surface area contributed by atoms with Gasteiger partial charge in [0.1, 0.15) is 0 Å². The van der Waals surface area contributed by atoms with Gasteiger partial charge in [0.2, 0.25) is 0 Å². The van der Waals surface area contributed by atoms with Crippen LogP contribution in [0, 0.1) is 11.8 Å². The van der Waals surface area contributed by atoms with Crippen molar-refractivity contribution >= 4 is 23.2 Å². The van der Waals surface area contributed by atoms with E-state index < -0.39 is 0 Å². The highest BCUT2D eigenvalue weighted by molar-refractivity contribution is 6.42. The largest absolute Gasteiger partial charge is 0.371 e. The van der Waals surface area contributed by atoms with Gasteiger partial charge >= 0.3 is 0 Å². The van der Waals surface area contributed by atoms with E-state index in [4.69, 9.17) is 27.9 Å². The predicted molar refractivity (Wildman–Crippen MR) is 98.4 cm³/mol. The van der Waals surface area contributed by atoms with E-state index in [1.54, 1.807) is 0 Å². The quantitative estimate of drug-likeness (QED) is 0.664. The lowest BCUT2D eigenvalue weighted by molar-refractivity contribution is -0.0365. The molecule has 1 aromatic carbocycles. The smallest absolute Gasteiger partial charge is 0.0946 e. The van der Waals surface area contributed by atoms with Crippen molar-refractivity contribution in [2.75, 3.05) is 0 Å². The monoisotopic (exact) mass is 366 g/mol. The Kier molecular flexibility index (Phi) is 6.20. The standard InChI is InChI=1S/C19H24Cl2N2O/c1-14-4-2-3-5-16(14)19(11-23-9-8-22-13-23)24-12-15-6-7-17(20)18(21)10-15/h6-10,13-14,16,19H,2-5,11-12H2,1H3. The molecule has 3 rings (SSSR count). The second-order valence-corrected chi connectivity index (χ2v) is 7.60. The van der Waals surface area contributed by atoms with Crippen LogP contribution in [-0.2, 0) is 17.9 Å². The molecule has 1 saturated carbocycles. The summed E-state index contributed by atoms with van der Waals surface area (Å²) < 4.78 is 8.47. The van der Waals surface area contributed by atoms with Crippen LogP contribution in [0.25, 0.3) is 0 Å². The van der Waals surface area contributed by atoms with Gasteiger partial charge in [-0.2, -0.15) is 0 Å². The first-order valence-electron chi connectivity index (χ1n) is 8.65. The molecule has 3 nitrogen and oxygen atoms in total. The van der Waals surface area contributed by atoms with Gasteiger partial charge in [0.25, 0.3) is 0 Å². The minimum Gasteiger partial charge on any atom is -0.371 e. The van der Waals surface area contributed by atoms with Gasteiger partial charge in [-0.05, 0) is 36.0 Å². The average molecular weight is 367 g/mol. The van der Waals surface area contributed by atoms with Gasteiger partial charge in [-0.1, -0.05) is 55.5 Å². The van der Waals surface area contributed by atoms with E-state index in [0.29, 0.717) is 28.5 Å². The van der Waals surface area contributed by atoms with Crippen molar-refractivity contribution in [2.45, 2.75) is 51.9 Å². The van der Waals surface area contributed by atoms with Crippen molar-refractivity contribution in [2.24, 2.45) is 11.8 Å². The molecule has 130 valence electrons. The molecule has 1 aliphatic carbocycles. The van der Waals surface area contributed by atoms with E-state index in [1.807, 2.05) is 36.9 Å². The van der Waals surface area contributed by atoms with E-state index >= 15 is 0 Å². The Labute approximate surface area is 153 Å². The van der Waals surface area contributed by atoms with Gasteiger partial charge in [-0.15, -0.1) is 0 Å². The number of hydrogen-bond donors (Lipinski definition) is 0. The molecule has 0 bridgehead atoms. The van der Waals surface area contributed by atoms with Crippen LogP contribution in [0.2, 0.25) is 10.0 Å². The molecule has 0 aliphatic heterocycles. The first-order chi connectivity index (χ1) is 11.6. The van der Waals surface area contributed by atoms with Crippen molar-refractivity contribution in [3.63, 3.8) is 0 Å². The molecule has 0 saturated heterocycles. The first kappa shape index (κ1) is 17.8. The fourth-order valence-electron chi connectivity index (χ4n) is 3.64. The summed E-state index contributed by atoms with van der Waals surface area (Å²) in [6.07, 6.45) is 11.0. The van der Waals surface area contributed by atoms with Gasteiger partial charge in [0, 0.05) is 12.4 Å². The third kappa shape index (κ3) is 4.53. The molecular formula is C19H24Cl2N2O. The summed E-state index contributed by atoms with van der Waals surface area (Å²) in [6, 6.07) is 5.70. The summed E-state index contributed by atoms with van der Waals surface area (Å²) in [5.41, 5.74) is 1.06. The zero-order valence-corrected chi connectivity index (χ0v) is 15.5. The van der Waals surface area contributed by atoms with Crippen LogP contribution in [0.15, 0.2) is 36.9 Å². The maximum Gasteiger partial charge on any atom is 0.0946 e. The molecule has 1 aliphatic rings. The van der Waals surface area contributed by atoms with Crippen LogP contribution in [0.1, 0.15) is 38.2 Å². The number of aromatic nitrogens is 2. The predicted octanol–water partition coefficient (Wildman–Crippen LogP) is 5.60. The molecule has 0 spiro atoms. The van der Waals surface area contributed by atoms with Crippen molar-refractivity contribution in [1.82, 2.24) is 9.55 Å². The fourth-order valence-corrected chi connectivity index (χ4v) is 3.96. The summed E-state index contributed by atoms with van der Waals surface area (Å²) in [6.45, 7) is 3.75. The van der Waals surface area contributed by atoms with Gasteiger partial charge in [0.05, 0.1) is 35.6 Å². The maximum absolute atomic E-state index is 6.36. The van der Waals surface area contributed by atoms with Crippen LogP contribution >= 0.6 is 23.2 Å². The van der Waals surface area contributed by atoms with Gasteiger partial charge in [-0.3, -0.25) is 0 Å². The normalized spacial score (nSPS) is 22.5. The van der Waals surface area contributed by atoms with Crippen molar-refractivity contribution in [3.05, 3.63) is 52.5 Å². The number of hydrogen-bond acceptors (Lipinski definition) is 2. The molecule has 1 heterocycles. The van der Waals surface area contributed by atoms with Crippen LogP contribution in [0.3, 0.4) is 0 Å². The Morgan fingerprint density at radius 3 is 2.79 bits per heavy atom. The Balaban J connectivity index is 1.69. The van der Waals surface area contributed by atoms with Gasteiger partial charge < -0.3 is 9.30 Å². The Hall–Kier alpha value is -1.03. The van der Waals surface area contributed by atoms with Crippen LogP contribution in [-0.4, -0.2) is 15.7 Å². The van der Waals surface area contributed by atoms with Gasteiger partial charge in [0.15, 0.2) is 0 Å². The van der Waals surface area contributed by atoms with E-state index in [-0.39, 0.29) is 6.10 Å². The first-order valence-corrected chi connectivity index (χ1v) is 9.40. The van der Waals surface area contributed by atoms with Crippen LogP contribution in [0.5, 0.6) is 0 Å². The third-order valence-electron chi connectivity index (χ3n) is 5.05. The van der Waals surface area contributed by atoms with E-state index in [0.717, 1.165) is 12.1 Å². The molecule has 0 radical (unpaired) electrons. The van der Waals surface area contributed by atoms with Gasteiger partial charge in [-0.25, -0.2) is 4.98 Å². The average Bonchev–Trinajstić information content (AvgIpc) is 3.08. The van der Waals surface area contributed by atoms with Crippen molar-refractivity contribution in [1.29, 1.82) is 0 Å². The van der Waals surface area contributed by atoms with Crippen molar-refractivity contribution < 1.29 is 4.74 Å². The molecule has 3 atom stereocenters. The fraction of sp³-hybridized carbons (Fsp3) is 0.526. The molecule has 0 N–H and O–H groups in total. The lowest BCUT2D eigenvalue weighted by Crippen LogP contribution is -2.34. The molecule has 24 heavy (non-hydrogen) atoms. The van der Waals surface area contributed by atoms with Crippen LogP contribution in [0.4, 0.5) is 0 Å². The number of halogens is 2. The molecule has 2 aromatic rings. The maximum atomic E-state index is 6.36. The van der Waals surface area contributed by atoms with E-state index in [9.17, 15) is 0 Å². The topological polar surface area (TPSA) is 27.1 Å². The molecule has 0 amide bonds. The molecule has 3 unspecified atom stereocenters. The second kappa shape index (κ2) is 8.37. The minimum absolute atomic E-state index is 0.184. The summed E-state index contributed by atoms with van der Waals surface area (Å²) in [7, 11) is 0. The van der Waals surface area contributed by atoms with E-state index in [1.165, 1.54) is 25.7 Å². The third-order valence-corrected chi connectivity index (χ3v) is 5.79. The molecule has 1 aromatic heterocycles. The molecule has 5 heteroatoms. The highest BCUT2D eigenvalue weighted by Crippen LogP contribution is 2.34. The van der Waals surface area contributed by atoms with Crippen LogP contribution < -0.4 is 0 Å². The lowest BCUT2D eigenvalue weighted by Gasteiger charge is -2.35. The number of nitrogens with zero attached hydrogens (tertiary/aromatic N) is 2. The Morgan fingerprint density at radius 2 is 2.08 bits per heavy atom. The highest BCUT2D eigenvalue weighted by atomic mass is 35.5. The van der Waals surface area contributed by atoms with E-state index in [2.05, 4.69) is 16.5 Å². The zero-order valence-electron chi connectivity index (χ0n) is 14.0. The second-order valence-electron chi connectivity index (χ2n) is 6.78. The number of rotatable bonds is 6. The number of imidazole rings is 1.